The number of amides is 2. The highest BCUT2D eigenvalue weighted by molar-refractivity contribution is 6.06. The molecule has 3 aromatic carbocycles. The molecule has 0 aliphatic carbocycles. The van der Waals surface area contributed by atoms with Crippen LogP contribution in [0.3, 0.4) is 0 Å². The maximum Gasteiger partial charge on any atom is 0.415 e. The average Bonchev–Trinajstić information content (AvgIpc) is 3.54. The van der Waals surface area contributed by atoms with Crippen molar-refractivity contribution in [3.63, 3.8) is 0 Å². The maximum atomic E-state index is 12.6. The van der Waals surface area contributed by atoms with Crippen molar-refractivity contribution < 1.29 is 52.8 Å². The van der Waals surface area contributed by atoms with Gasteiger partial charge in [-0.05, 0) is 88.1 Å². The van der Waals surface area contributed by atoms with Gasteiger partial charge in [0.15, 0.2) is 0 Å². The number of fused-ring (bicyclic) bond motifs is 1. The lowest BCUT2D eigenvalue weighted by molar-refractivity contribution is -0.176. The third kappa shape index (κ3) is 11.4. The van der Waals surface area contributed by atoms with Gasteiger partial charge in [0.25, 0.3) is 0 Å². The molecule has 1 saturated heterocycles. The molecule has 1 aliphatic rings. The summed E-state index contributed by atoms with van der Waals surface area (Å²) < 4.78 is 26.8. The number of aliphatic carboxylic acids is 1. The molecule has 1 fully saturated rings. The van der Waals surface area contributed by atoms with E-state index < -0.39 is 59.4 Å². The number of esters is 2. The molecule has 4 atom stereocenters. The normalized spacial score (nSPS) is 16.1. The second-order valence-corrected chi connectivity index (χ2v) is 15.3. The van der Waals surface area contributed by atoms with Crippen molar-refractivity contribution in [3.8, 4) is 5.75 Å². The first-order valence-electron chi connectivity index (χ1n) is 17.7. The van der Waals surface area contributed by atoms with E-state index in [0.717, 1.165) is 16.3 Å². The number of benzene rings is 3. The van der Waals surface area contributed by atoms with Gasteiger partial charge in [-0.25, -0.2) is 9.59 Å². The van der Waals surface area contributed by atoms with Crippen molar-refractivity contribution in [1.82, 2.24) is 10.2 Å². The molecular formula is C40H49N3O11. The van der Waals surface area contributed by atoms with Crippen LogP contribution < -0.4 is 10.1 Å². The standard InChI is InChI=1S/C40H49N3O11/c1-23(50-35(46)39(3,4)5)52-37(48)42-33(41)28-12-11-26-10-9-25(19-29(26)21-28)20-32(34(44)45)27-13-15-30(16-14-27)54-31-17-18-43(22-31)38(49)53-24(2)51-36(47)40(6,7)8/h9-16,19,21,23-24,31-32H,17-18,20,22H2,1-8H3,(H,44,45)(H2,41,42,48)/t23?,24?,31-,32-/m0/s1. The molecule has 0 spiro atoms. The predicted molar refractivity (Wildman–Crippen MR) is 198 cm³/mol. The minimum absolute atomic E-state index is 0.187. The van der Waals surface area contributed by atoms with Gasteiger partial charge in [0.05, 0.1) is 23.3 Å². The second-order valence-electron chi connectivity index (χ2n) is 15.3. The number of nitrogens with zero attached hydrogens (tertiary/aromatic N) is 1. The second kappa shape index (κ2) is 17.0. The molecule has 1 aliphatic heterocycles. The molecule has 4 rings (SSSR count). The van der Waals surface area contributed by atoms with Gasteiger partial charge in [-0.15, -0.1) is 0 Å². The molecule has 290 valence electrons. The monoisotopic (exact) mass is 747 g/mol. The van der Waals surface area contributed by atoms with Crippen molar-refractivity contribution in [2.45, 2.75) is 92.8 Å². The van der Waals surface area contributed by atoms with Gasteiger partial charge in [-0.1, -0.05) is 42.5 Å². The lowest BCUT2D eigenvalue weighted by atomic mass is 9.91. The quantitative estimate of drug-likeness (QED) is 0.0813. The summed E-state index contributed by atoms with van der Waals surface area (Å²) in [5, 5.41) is 22.5. The Morgan fingerprint density at radius 1 is 0.815 bits per heavy atom. The van der Waals surface area contributed by atoms with E-state index in [0.29, 0.717) is 29.8 Å². The largest absolute Gasteiger partial charge is 0.489 e. The van der Waals surface area contributed by atoms with Gasteiger partial charge in [0, 0.05) is 32.4 Å². The fourth-order valence-electron chi connectivity index (χ4n) is 5.40. The summed E-state index contributed by atoms with van der Waals surface area (Å²) in [6.07, 6.45) is -3.33. The van der Waals surface area contributed by atoms with Crippen molar-refractivity contribution in [3.05, 3.63) is 77.4 Å². The van der Waals surface area contributed by atoms with Gasteiger partial charge < -0.3 is 33.7 Å². The molecule has 2 unspecified atom stereocenters. The van der Waals surface area contributed by atoms with Crippen LogP contribution >= 0.6 is 0 Å². The summed E-state index contributed by atoms with van der Waals surface area (Å²) in [6.45, 7) is 13.7. The Hall–Kier alpha value is -5.66. The van der Waals surface area contributed by atoms with Crippen LogP contribution in [0.2, 0.25) is 0 Å². The van der Waals surface area contributed by atoms with Gasteiger partial charge in [0.1, 0.15) is 17.7 Å². The van der Waals surface area contributed by atoms with Crippen LogP contribution in [0.25, 0.3) is 10.8 Å². The Morgan fingerprint density at radius 2 is 1.41 bits per heavy atom. The Bertz CT molecular complexity index is 1880. The van der Waals surface area contributed by atoms with E-state index in [4.69, 9.17) is 29.1 Å². The van der Waals surface area contributed by atoms with E-state index in [1.165, 1.54) is 18.7 Å². The number of likely N-dealkylation sites (tertiary alicyclic amines) is 1. The van der Waals surface area contributed by atoms with Crippen molar-refractivity contribution in [1.29, 1.82) is 5.41 Å². The molecule has 54 heavy (non-hydrogen) atoms. The van der Waals surface area contributed by atoms with E-state index in [-0.39, 0.29) is 24.9 Å². The van der Waals surface area contributed by atoms with Crippen LogP contribution in [0.5, 0.6) is 5.75 Å². The van der Waals surface area contributed by atoms with Crippen molar-refractivity contribution in [2.75, 3.05) is 13.1 Å². The van der Waals surface area contributed by atoms with Crippen LogP contribution in [0.1, 0.15) is 84.4 Å². The molecule has 1 heterocycles. The zero-order chi connectivity index (χ0) is 40.0. The number of carbonyl (C=O) groups is 5. The fourth-order valence-corrected chi connectivity index (χ4v) is 5.40. The highest BCUT2D eigenvalue weighted by Crippen LogP contribution is 2.28. The fraction of sp³-hybridized carbons (Fsp3) is 0.450. The zero-order valence-corrected chi connectivity index (χ0v) is 31.9. The Kier molecular flexibility index (Phi) is 12.9. The third-order valence-corrected chi connectivity index (χ3v) is 8.46. The Balaban J connectivity index is 1.34. The van der Waals surface area contributed by atoms with Crippen LogP contribution in [-0.4, -0.2) is 77.7 Å². The molecule has 14 nitrogen and oxygen atoms in total. The summed E-state index contributed by atoms with van der Waals surface area (Å²) in [7, 11) is 0. The molecule has 0 saturated carbocycles. The predicted octanol–water partition coefficient (Wildman–Crippen LogP) is 6.76. The van der Waals surface area contributed by atoms with Gasteiger partial charge in [-0.2, -0.15) is 0 Å². The third-order valence-electron chi connectivity index (χ3n) is 8.46. The zero-order valence-electron chi connectivity index (χ0n) is 31.9. The Labute approximate surface area is 314 Å². The lowest BCUT2D eigenvalue weighted by Gasteiger charge is -2.23. The molecule has 0 radical (unpaired) electrons. The minimum Gasteiger partial charge on any atom is -0.489 e. The number of carbonyl (C=O) groups excluding carboxylic acids is 4. The molecule has 2 amide bonds. The lowest BCUT2D eigenvalue weighted by Crippen LogP contribution is -2.36. The topological polar surface area (TPSA) is 191 Å². The molecule has 3 aromatic rings. The van der Waals surface area contributed by atoms with E-state index in [2.05, 4.69) is 5.32 Å². The van der Waals surface area contributed by atoms with Gasteiger partial charge in [0.2, 0.25) is 12.6 Å². The number of nitrogens with one attached hydrogen (secondary N) is 2. The first-order valence-corrected chi connectivity index (χ1v) is 17.7. The van der Waals surface area contributed by atoms with Crippen LogP contribution in [0.15, 0.2) is 60.7 Å². The SMILES string of the molecule is CC(OC(=O)NC(=N)c1ccc2ccc(C[C@H](C(=O)O)c3ccc(O[C@H]4CCN(C(=O)OC(C)OC(=O)C(C)(C)C)C4)cc3)cc2c1)OC(=O)C(C)(C)C. The van der Waals surface area contributed by atoms with E-state index >= 15 is 0 Å². The number of alkyl carbamates (subject to hydrolysis) is 1. The average molecular weight is 748 g/mol. The smallest absolute Gasteiger partial charge is 0.415 e. The van der Waals surface area contributed by atoms with Crippen LogP contribution in [-0.2, 0) is 39.8 Å². The van der Waals surface area contributed by atoms with Gasteiger partial charge in [-0.3, -0.25) is 25.1 Å². The van der Waals surface area contributed by atoms with Crippen molar-refractivity contribution >= 4 is 46.7 Å². The summed E-state index contributed by atoms with van der Waals surface area (Å²) in [6, 6.07) is 17.5. The van der Waals surface area contributed by atoms with Crippen molar-refractivity contribution in [2.24, 2.45) is 10.8 Å². The summed E-state index contributed by atoms with van der Waals surface area (Å²) >= 11 is 0. The van der Waals surface area contributed by atoms with E-state index in [1.54, 1.807) is 84.0 Å². The number of carboxylic acids is 1. The summed E-state index contributed by atoms with van der Waals surface area (Å²) in [5.41, 5.74) is 0.212. The maximum absolute atomic E-state index is 12.6. The summed E-state index contributed by atoms with van der Waals surface area (Å²) in [5.74, 6) is -2.59. The number of amidine groups is 1. The molecule has 0 bridgehead atoms. The Morgan fingerprint density at radius 3 is 2.00 bits per heavy atom. The number of hydrogen-bond donors (Lipinski definition) is 3. The highest BCUT2D eigenvalue weighted by Gasteiger charge is 2.32. The van der Waals surface area contributed by atoms with Crippen LogP contribution in [0, 0.1) is 16.2 Å². The first-order chi connectivity index (χ1) is 25.2. The number of carboxylic acid groups (broad SMARTS) is 1. The van der Waals surface area contributed by atoms with Crippen LogP contribution in [0.4, 0.5) is 9.59 Å². The number of rotatable bonds is 11. The molecule has 3 N–H and O–H groups in total. The van der Waals surface area contributed by atoms with Gasteiger partial charge >= 0.3 is 30.1 Å². The van der Waals surface area contributed by atoms with E-state index in [1.807, 2.05) is 18.2 Å². The number of ether oxygens (including phenoxy) is 5. The highest BCUT2D eigenvalue weighted by atomic mass is 16.7. The molecular weight excluding hydrogens is 698 g/mol. The first kappa shape index (κ1) is 41.1. The molecule has 0 aromatic heterocycles. The van der Waals surface area contributed by atoms with E-state index in [9.17, 15) is 29.1 Å². The number of hydrogen-bond acceptors (Lipinski definition) is 11. The minimum atomic E-state index is -1.16. The molecule has 14 heteroatoms. The summed E-state index contributed by atoms with van der Waals surface area (Å²) in [4.78, 5) is 63.0.